The maximum Gasteiger partial charge on any atom is 0.390 e. The van der Waals surface area contributed by atoms with Crippen molar-refractivity contribution < 1.29 is 10.0 Å². The van der Waals surface area contributed by atoms with Gasteiger partial charge >= 0.3 is 5.82 Å². The Bertz CT molecular complexity index is 424. The molecule has 18 heavy (non-hydrogen) atoms. The molecular weight excluding hydrogens is 234 g/mol. The lowest BCUT2D eigenvalue weighted by molar-refractivity contribution is -0.389. The lowest BCUT2D eigenvalue weighted by Gasteiger charge is -2.14. The first-order valence-electron chi connectivity index (χ1n) is 6.43. The van der Waals surface area contributed by atoms with Crippen molar-refractivity contribution in [2.45, 2.75) is 51.7 Å². The van der Waals surface area contributed by atoms with E-state index in [-0.39, 0.29) is 5.82 Å². The number of hydrogen-bond donors (Lipinski definition) is 1. The highest BCUT2D eigenvalue weighted by Crippen LogP contribution is 2.29. The van der Waals surface area contributed by atoms with E-state index in [1.54, 1.807) is 6.92 Å². The third-order valence-corrected chi connectivity index (χ3v) is 3.62. The van der Waals surface area contributed by atoms with E-state index in [4.69, 9.17) is 0 Å². The average Bonchev–Trinajstić information content (AvgIpc) is 2.89. The predicted molar refractivity (Wildman–Crippen MR) is 66.2 cm³/mol. The summed E-state index contributed by atoms with van der Waals surface area (Å²) in [5.41, 5.74) is 0.715. The summed E-state index contributed by atoms with van der Waals surface area (Å²) >= 11 is 0. The van der Waals surface area contributed by atoms with Crippen molar-refractivity contribution in [3.63, 3.8) is 0 Å². The largest absolute Gasteiger partial charge is 0.391 e. The van der Waals surface area contributed by atoms with Crippen LogP contribution in [-0.4, -0.2) is 25.9 Å². The number of nitrogens with zero attached hydrogens (tertiary/aromatic N) is 3. The lowest BCUT2D eigenvalue weighted by atomic mass is 10.0. The van der Waals surface area contributed by atoms with Crippen molar-refractivity contribution in [1.82, 2.24) is 9.78 Å². The molecule has 0 aliphatic heterocycles. The molecule has 100 valence electrons. The summed E-state index contributed by atoms with van der Waals surface area (Å²) in [7, 11) is 0. The van der Waals surface area contributed by atoms with Gasteiger partial charge in [0, 0.05) is 0 Å². The summed E-state index contributed by atoms with van der Waals surface area (Å²) in [6, 6.07) is 1.43. The highest BCUT2D eigenvalue weighted by molar-refractivity contribution is 5.20. The van der Waals surface area contributed by atoms with E-state index in [1.165, 1.54) is 36.4 Å². The van der Waals surface area contributed by atoms with E-state index in [0.717, 1.165) is 6.42 Å². The number of nitro groups is 1. The zero-order valence-corrected chi connectivity index (χ0v) is 10.6. The Morgan fingerprint density at radius 2 is 2.28 bits per heavy atom. The Hall–Kier alpha value is -1.43. The van der Waals surface area contributed by atoms with Crippen LogP contribution in [0.1, 0.15) is 37.8 Å². The molecule has 1 aliphatic rings. The summed E-state index contributed by atoms with van der Waals surface area (Å²) in [5, 5.41) is 24.5. The van der Waals surface area contributed by atoms with Gasteiger partial charge in [-0.15, -0.1) is 0 Å². The number of aliphatic hydroxyl groups excluding tert-OH is 1. The zero-order chi connectivity index (χ0) is 13.1. The molecule has 0 amide bonds. The maximum atomic E-state index is 10.6. The average molecular weight is 253 g/mol. The van der Waals surface area contributed by atoms with E-state index in [1.807, 2.05) is 0 Å². The van der Waals surface area contributed by atoms with Crippen LogP contribution >= 0.6 is 0 Å². The smallest absolute Gasteiger partial charge is 0.390 e. The van der Waals surface area contributed by atoms with Crippen LogP contribution in [0.15, 0.2) is 6.07 Å². The van der Waals surface area contributed by atoms with Crippen molar-refractivity contribution in [2.24, 2.45) is 5.92 Å². The van der Waals surface area contributed by atoms with Crippen LogP contribution in [0.25, 0.3) is 0 Å². The number of aliphatic hydroxyl groups is 1. The van der Waals surface area contributed by atoms with Gasteiger partial charge < -0.3 is 15.2 Å². The van der Waals surface area contributed by atoms with Crippen LogP contribution < -0.4 is 0 Å². The van der Waals surface area contributed by atoms with E-state index < -0.39 is 11.0 Å². The second-order valence-corrected chi connectivity index (χ2v) is 5.12. The zero-order valence-electron chi connectivity index (χ0n) is 10.6. The summed E-state index contributed by atoms with van der Waals surface area (Å²) in [6.07, 6.45) is 5.19. The van der Waals surface area contributed by atoms with E-state index in [2.05, 4.69) is 5.10 Å². The molecule has 2 rings (SSSR count). The Labute approximate surface area is 106 Å². The highest BCUT2D eigenvalue weighted by Gasteiger charge is 2.22. The minimum absolute atomic E-state index is 0.152. The number of aromatic nitrogens is 2. The minimum atomic E-state index is -0.507. The third-order valence-electron chi connectivity index (χ3n) is 3.62. The molecule has 0 saturated heterocycles. The standard InChI is InChI=1S/C12H19N3O3/c1-9-6-12(15(17)18)13-14(9)8-11(16)7-10-4-2-3-5-10/h6,10-11,16H,2-5,7-8H2,1H3. The topological polar surface area (TPSA) is 81.2 Å². The molecule has 0 radical (unpaired) electrons. The van der Waals surface area contributed by atoms with Crippen molar-refractivity contribution >= 4 is 5.82 Å². The van der Waals surface area contributed by atoms with E-state index >= 15 is 0 Å². The molecule has 6 heteroatoms. The molecule has 1 saturated carbocycles. The van der Waals surface area contributed by atoms with Crippen LogP contribution in [0, 0.1) is 23.0 Å². The Kier molecular flexibility index (Phi) is 3.96. The lowest BCUT2D eigenvalue weighted by Crippen LogP contribution is -2.20. The van der Waals surface area contributed by atoms with Gasteiger partial charge in [-0.3, -0.25) is 0 Å². The molecule has 1 aliphatic carbocycles. The van der Waals surface area contributed by atoms with Crippen molar-refractivity contribution in [2.75, 3.05) is 0 Å². The molecule has 1 aromatic heterocycles. The molecule has 1 fully saturated rings. The SMILES string of the molecule is Cc1cc([N+](=O)[O-])nn1CC(O)CC1CCCC1. The Morgan fingerprint density at radius 3 is 2.83 bits per heavy atom. The van der Waals surface area contributed by atoms with Crippen LogP contribution in [0.2, 0.25) is 0 Å². The van der Waals surface area contributed by atoms with Gasteiger partial charge in [-0.05, 0) is 24.2 Å². The Morgan fingerprint density at radius 1 is 1.61 bits per heavy atom. The fraction of sp³-hybridized carbons (Fsp3) is 0.750. The first kappa shape index (κ1) is 13.0. The fourth-order valence-corrected chi connectivity index (χ4v) is 2.67. The quantitative estimate of drug-likeness (QED) is 0.643. The van der Waals surface area contributed by atoms with Gasteiger partial charge in [0.2, 0.25) is 0 Å². The van der Waals surface area contributed by atoms with Crippen molar-refractivity contribution in [3.8, 4) is 0 Å². The predicted octanol–water partition coefficient (Wildman–Crippen LogP) is 2.04. The highest BCUT2D eigenvalue weighted by atomic mass is 16.6. The van der Waals surface area contributed by atoms with E-state index in [0.29, 0.717) is 18.2 Å². The van der Waals surface area contributed by atoms with Gasteiger partial charge in [-0.25, -0.2) is 0 Å². The first-order chi connectivity index (χ1) is 8.56. The molecular formula is C12H19N3O3. The number of rotatable bonds is 5. The van der Waals surface area contributed by atoms with Gasteiger partial charge in [0.25, 0.3) is 0 Å². The van der Waals surface area contributed by atoms with Gasteiger partial charge in [0.05, 0.1) is 29.5 Å². The minimum Gasteiger partial charge on any atom is -0.391 e. The van der Waals surface area contributed by atoms with Crippen molar-refractivity contribution in [3.05, 3.63) is 21.9 Å². The van der Waals surface area contributed by atoms with Crippen LogP contribution in [-0.2, 0) is 6.54 Å². The van der Waals surface area contributed by atoms with Crippen LogP contribution in [0.3, 0.4) is 0 Å². The summed E-state index contributed by atoms with van der Waals surface area (Å²) in [6.45, 7) is 2.11. The molecule has 6 nitrogen and oxygen atoms in total. The third kappa shape index (κ3) is 3.07. The molecule has 1 N–H and O–H groups in total. The van der Waals surface area contributed by atoms with Gasteiger partial charge in [0.15, 0.2) is 0 Å². The molecule has 0 bridgehead atoms. The molecule has 1 heterocycles. The summed E-state index contributed by atoms with van der Waals surface area (Å²) in [5.74, 6) is 0.450. The molecule has 0 aromatic carbocycles. The number of aryl methyl sites for hydroxylation is 1. The fourth-order valence-electron chi connectivity index (χ4n) is 2.67. The Balaban J connectivity index is 1.93. The molecule has 1 aromatic rings. The normalized spacial score (nSPS) is 18.1. The monoisotopic (exact) mass is 253 g/mol. The number of hydrogen-bond acceptors (Lipinski definition) is 4. The van der Waals surface area contributed by atoms with Crippen LogP contribution in [0.5, 0.6) is 0 Å². The summed E-state index contributed by atoms with van der Waals surface area (Å²) in [4.78, 5) is 10.1. The van der Waals surface area contributed by atoms with Gasteiger partial charge in [-0.2, -0.15) is 4.68 Å². The van der Waals surface area contributed by atoms with Gasteiger partial charge in [0.1, 0.15) is 0 Å². The maximum absolute atomic E-state index is 10.6. The van der Waals surface area contributed by atoms with Crippen molar-refractivity contribution in [1.29, 1.82) is 0 Å². The molecule has 1 unspecified atom stereocenters. The van der Waals surface area contributed by atoms with Crippen LogP contribution in [0.4, 0.5) is 5.82 Å². The van der Waals surface area contributed by atoms with Gasteiger partial charge in [-0.1, -0.05) is 25.7 Å². The second-order valence-electron chi connectivity index (χ2n) is 5.12. The molecule has 0 spiro atoms. The first-order valence-corrected chi connectivity index (χ1v) is 6.43. The summed E-state index contributed by atoms with van der Waals surface area (Å²) < 4.78 is 1.53. The molecule has 1 atom stereocenters. The second kappa shape index (κ2) is 5.48. The van der Waals surface area contributed by atoms with E-state index in [9.17, 15) is 15.2 Å².